The molecule has 0 aromatic heterocycles. The second-order valence-corrected chi connectivity index (χ2v) is 4.62. The standard InChI is InChI=1S/C10H19N3O2/c1-7(8(14)13-9(11)15)12-6-10(2)4-3-5-10/h7,12H,3-6H2,1-2H3,(H3,11,13,14,15). The van der Waals surface area contributed by atoms with Crippen LogP contribution in [0.4, 0.5) is 4.79 Å². The van der Waals surface area contributed by atoms with E-state index in [0.717, 1.165) is 6.54 Å². The Hall–Kier alpha value is -1.10. The van der Waals surface area contributed by atoms with Crippen LogP contribution in [0.3, 0.4) is 0 Å². The number of carbonyl (C=O) groups is 2. The van der Waals surface area contributed by atoms with Crippen LogP contribution in [0.15, 0.2) is 0 Å². The van der Waals surface area contributed by atoms with Crippen molar-refractivity contribution in [2.45, 2.75) is 39.2 Å². The molecule has 86 valence electrons. The second kappa shape index (κ2) is 4.61. The summed E-state index contributed by atoms with van der Waals surface area (Å²) in [6.45, 7) is 4.73. The summed E-state index contributed by atoms with van der Waals surface area (Å²) in [5.74, 6) is -0.370. The zero-order valence-electron chi connectivity index (χ0n) is 9.30. The smallest absolute Gasteiger partial charge is 0.318 e. The summed E-state index contributed by atoms with van der Waals surface area (Å²) in [7, 11) is 0. The molecule has 0 aromatic carbocycles. The average molecular weight is 213 g/mol. The van der Waals surface area contributed by atoms with Gasteiger partial charge in [0.2, 0.25) is 5.91 Å². The van der Waals surface area contributed by atoms with Gasteiger partial charge in [-0.05, 0) is 25.2 Å². The fraction of sp³-hybridized carbons (Fsp3) is 0.800. The fourth-order valence-corrected chi connectivity index (χ4v) is 1.68. The van der Waals surface area contributed by atoms with Crippen LogP contribution in [0.5, 0.6) is 0 Å². The number of amides is 3. The number of nitrogens with one attached hydrogen (secondary N) is 2. The third-order valence-corrected chi connectivity index (χ3v) is 3.04. The van der Waals surface area contributed by atoms with Crippen molar-refractivity contribution in [2.24, 2.45) is 11.1 Å². The van der Waals surface area contributed by atoms with Crippen molar-refractivity contribution in [3.8, 4) is 0 Å². The summed E-state index contributed by atoms with van der Waals surface area (Å²) < 4.78 is 0. The Bertz CT molecular complexity index is 261. The number of rotatable bonds is 4. The summed E-state index contributed by atoms with van der Waals surface area (Å²) in [4.78, 5) is 21.7. The first-order chi connectivity index (χ1) is 6.93. The van der Waals surface area contributed by atoms with Crippen molar-refractivity contribution in [1.82, 2.24) is 10.6 Å². The number of urea groups is 1. The minimum atomic E-state index is -0.802. The van der Waals surface area contributed by atoms with Crippen molar-refractivity contribution in [1.29, 1.82) is 0 Å². The molecule has 3 amide bonds. The molecule has 0 aliphatic heterocycles. The molecule has 0 spiro atoms. The maximum atomic E-state index is 11.3. The molecule has 1 fully saturated rings. The topological polar surface area (TPSA) is 84.2 Å². The predicted octanol–water partition coefficient (Wildman–Crippen LogP) is 0.350. The van der Waals surface area contributed by atoms with E-state index in [2.05, 4.69) is 17.6 Å². The van der Waals surface area contributed by atoms with Crippen LogP contribution >= 0.6 is 0 Å². The highest BCUT2D eigenvalue weighted by Crippen LogP contribution is 2.39. The minimum absolute atomic E-state index is 0.321. The van der Waals surface area contributed by atoms with E-state index >= 15 is 0 Å². The lowest BCUT2D eigenvalue weighted by Crippen LogP contribution is -2.49. The third kappa shape index (κ3) is 3.51. The Balaban J connectivity index is 2.25. The molecule has 1 atom stereocenters. The third-order valence-electron chi connectivity index (χ3n) is 3.04. The summed E-state index contributed by atoms with van der Waals surface area (Å²) >= 11 is 0. The number of carbonyl (C=O) groups excluding carboxylic acids is 2. The summed E-state index contributed by atoms with van der Waals surface area (Å²) in [5.41, 5.74) is 5.17. The number of hydrogen-bond donors (Lipinski definition) is 3. The Kier molecular flexibility index (Phi) is 3.68. The normalized spacial score (nSPS) is 20.1. The Morgan fingerprint density at radius 2 is 2.07 bits per heavy atom. The van der Waals surface area contributed by atoms with Gasteiger partial charge in [0, 0.05) is 6.54 Å². The zero-order valence-corrected chi connectivity index (χ0v) is 9.30. The molecule has 0 saturated heterocycles. The predicted molar refractivity (Wildman–Crippen MR) is 57.1 cm³/mol. The highest BCUT2D eigenvalue weighted by atomic mass is 16.2. The van der Waals surface area contributed by atoms with Crippen molar-refractivity contribution < 1.29 is 9.59 Å². The van der Waals surface area contributed by atoms with Gasteiger partial charge in [0.25, 0.3) is 0 Å². The lowest BCUT2D eigenvalue weighted by Gasteiger charge is -2.39. The summed E-state index contributed by atoms with van der Waals surface area (Å²) in [6.07, 6.45) is 3.66. The van der Waals surface area contributed by atoms with Crippen LogP contribution in [0, 0.1) is 5.41 Å². The van der Waals surface area contributed by atoms with Gasteiger partial charge in [0.05, 0.1) is 6.04 Å². The molecular weight excluding hydrogens is 194 g/mol. The first-order valence-electron chi connectivity index (χ1n) is 5.27. The lowest BCUT2D eigenvalue weighted by molar-refractivity contribution is -0.121. The lowest BCUT2D eigenvalue weighted by atomic mass is 9.70. The molecule has 1 aliphatic carbocycles. The van der Waals surface area contributed by atoms with Gasteiger partial charge in [-0.25, -0.2) is 4.79 Å². The van der Waals surface area contributed by atoms with Crippen LogP contribution in [0.1, 0.15) is 33.1 Å². The molecule has 0 heterocycles. The van der Waals surface area contributed by atoms with Crippen LogP contribution in [-0.2, 0) is 4.79 Å². The van der Waals surface area contributed by atoms with Crippen molar-refractivity contribution in [3.05, 3.63) is 0 Å². The molecule has 4 N–H and O–H groups in total. The van der Waals surface area contributed by atoms with Gasteiger partial charge in [0.15, 0.2) is 0 Å². The van der Waals surface area contributed by atoms with Crippen molar-refractivity contribution in [3.63, 3.8) is 0 Å². The van der Waals surface area contributed by atoms with Crippen LogP contribution in [0.25, 0.3) is 0 Å². The highest BCUT2D eigenvalue weighted by molar-refractivity contribution is 5.96. The molecule has 1 unspecified atom stereocenters. The van der Waals surface area contributed by atoms with E-state index in [1.165, 1.54) is 19.3 Å². The largest absolute Gasteiger partial charge is 0.351 e. The molecule has 0 bridgehead atoms. The molecule has 0 radical (unpaired) electrons. The molecule has 1 saturated carbocycles. The van der Waals surface area contributed by atoms with Gasteiger partial charge in [0.1, 0.15) is 0 Å². The molecule has 5 nitrogen and oxygen atoms in total. The fourth-order valence-electron chi connectivity index (χ4n) is 1.68. The second-order valence-electron chi connectivity index (χ2n) is 4.62. The van der Waals surface area contributed by atoms with Gasteiger partial charge in [-0.1, -0.05) is 13.3 Å². The molecular formula is C10H19N3O2. The first kappa shape index (κ1) is 12.0. The number of primary amides is 1. The van der Waals surface area contributed by atoms with Gasteiger partial charge >= 0.3 is 6.03 Å². The first-order valence-corrected chi connectivity index (χ1v) is 5.27. The van der Waals surface area contributed by atoms with Crippen LogP contribution in [0.2, 0.25) is 0 Å². The maximum Gasteiger partial charge on any atom is 0.318 e. The van der Waals surface area contributed by atoms with E-state index in [4.69, 9.17) is 5.73 Å². The Morgan fingerprint density at radius 1 is 1.47 bits per heavy atom. The Labute approximate surface area is 89.8 Å². The molecule has 1 aliphatic rings. The minimum Gasteiger partial charge on any atom is -0.351 e. The van der Waals surface area contributed by atoms with E-state index in [0.29, 0.717) is 5.41 Å². The van der Waals surface area contributed by atoms with Gasteiger partial charge in [-0.15, -0.1) is 0 Å². The van der Waals surface area contributed by atoms with E-state index in [1.807, 2.05) is 0 Å². The summed E-state index contributed by atoms with van der Waals surface area (Å²) in [5, 5.41) is 5.16. The van der Waals surface area contributed by atoms with Crippen molar-refractivity contribution in [2.75, 3.05) is 6.54 Å². The monoisotopic (exact) mass is 213 g/mol. The molecule has 5 heteroatoms. The Morgan fingerprint density at radius 3 is 2.47 bits per heavy atom. The van der Waals surface area contributed by atoms with Crippen LogP contribution in [-0.4, -0.2) is 24.5 Å². The van der Waals surface area contributed by atoms with E-state index in [9.17, 15) is 9.59 Å². The SMILES string of the molecule is CC(NCC1(C)CCC1)C(=O)NC(N)=O. The highest BCUT2D eigenvalue weighted by Gasteiger charge is 2.32. The van der Waals surface area contributed by atoms with E-state index < -0.39 is 6.03 Å². The number of hydrogen-bond acceptors (Lipinski definition) is 3. The van der Waals surface area contributed by atoms with Gasteiger partial charge in [-0.3, -0.25) is 10.1 Å². The van der Waals surface area contributed by atoms with E-state index in [-0.39, 0.29) is 11.9 Å². The van der Waals surface area contributed by atoms with Crippen LogP contribution < -0.4 is 16.4 Å². The molecule has 1 rings (SSSR count). The number of nitrogens with two attached hydrogens (primary N) is 1. The molecule has 15 heavy (non-hydrogen) atoms. The quantitative estimate of drug-likeness (QED) is 0.630. The maximum absolute atomic E-state index is 11.3. The molecule has 0 aromatic rings. The average Bonchev–Trinajstić information content (AvgIpc) is 2.10. The zero-order chi connectivity index (χ0) is 11.5. The van der Waals surface area contributed by atoms with Gasteiger partial charge < -0.3 is 11.1 Å². The number of imide groups is 1. The van der Waals surface area contributed by atoms with Gasteiger partial charge in [-0.2, -0.15) is 0 Å². The van der Waals surface area contributed by atoms with E-state index in [1.54, 1.807) is 6.92 Å². The van der Waals surface area contributed by atoms with Crippen molar-refractivity contribution >= 4 is 11.9 Å². The summed E-state index contributed by atoms with van der Waals surface area (Å²) in [6, 6.07) is -1.18.